The molecule has 0 aliphatic rings. The smallest absolute Gasteiger partial charge is 0.149 e. The van der Waals surface area contributed by atoms with Crippen LogP contribution in [0.4, 0.5) is 0 Å². The third-order valence-electron chi connectivity index (χ3n) is 4.18. The molecule has 0 amide bonds. The van der Waals surface area contributed by atoms with Gasteiger partial charge in [-0.25, -0.2) is 0 Å². The summed E-state index contributed by atoms with van der Waals surface area (Å²) >= 11 is 0. The Balaban J connectivity index is 0.00000201. The Morgan fingerprint density at radius 2 is 1.76 bits per heavy atom. The number of carbonyl (C=O) groups is 1. The molecule has 1 unspecified atom stereocenters. The van der Waals surface area contributed by atoms with E-state index in [0.717, 1.165) is 17.7 Å². The van der Waals surface area contributed by atoms with E-state index in [9.17, 15) is 4.79 Å². The third kappa shape index (κ3) is 5.71. The van der Waals surface area contributed by atoms with Crippen LogP contribution in [0, 0.1) is 0 Å². The van der Waals surface area contributed by atoms with Gasteiger partial charge in [-0.15, -0.1) is 0 Å². The van der Waals surface area contributed by atoms with Crippen molar-refractivity contribution in [3.63, 3.8) is 0 Å². The molecule has 0 fully saturated rings. The number of hydrogen-bond acceptors (Lipinski definition) is 3. The fourth-order valence-corrected chi connectivity index (χ4v) is 2.72. The molecule has 0 aliphatic carbocycles. The van der Waals surface area contributed by atoms with Crippen LogP contribution in [0.2, 0.25) is 0 Å². The van der Waals surface area contributed by atoms with Crippen LogP contribution in [-0.2, 0) is 17.6 Å². The molecule has 0 heterocycles. The molecule has 1 atom stereocenters. The number of Topliss-reactive ketones (excluding diaryl/α,β-unsaturated/α-hetero) is 1. The summed E-state index contributed by atoms with van der Waals surface area (Å²) in [6.45, 7) is 7.99. The highest BCUT2D eigenvalue weighted by Crippen LogP contribution is 2.28. The van der Waals surface area contributed by atoms with Gasteiger partial charge in [-0.1, -0.05) is 58.0 Å². The first kappa shape index (κ1) is 20.9. The lowest BCUT2D eigenvalue weighted by atomic mass is 9.95. The second-order valence-electron chi connectivity index (χ2n) is 5.70. The van der Waals surface area contributed by atoms with Crippen molar-refractivity contribution in [2.24, 2.45) is 5.73 Å². The molecule has 0 bridgehead atoms. The fraction of sp³-hybridized carbons (Fsp3) is 0.409. The van der Waals surface area contributed by atoms with Gasteiger partial charge in [-0.3, -0.25) is 4.79 Å². The summed E-state index contributed by atoms with van der Waals surface area (Å²) < 4.78 is 5.30. The molecule has 0 saturated carbocycles. The van der Waals surface area contributed by atoms with E-state index in [1.54, 1.807) is 7.11 Å². The maximum Gasteiger partial charge on any atom is 0.149 e. The molecular weight excluding hydrogens is 310 g/mol. The minimum atomic E-state index is -0.405. The molecule has 3 heteroatoms. The number of nitrogens with two attached hydrogens (primary N) is 1. The van der Waals surface area contributed by atoms with Gasteiger partial charge in [0.25, 0.3) is 0 Å². The Hall–Kier alpha value is -2.13. The highest BCUT2D eigenvalue weighted by Gasteiger charge is 2.12. The van der Waals surface area contributed by atoms with E-state index in [2.05, 4.69) is 43.3 Å². The topological polar surface area (TPSA) is 52.3 Å². The van der Waals surface area contributed by atoms with Crippen LogP contribution < -0.4 is 10.5 Å². The third-order valence-corrected chi connectivity index (χ3v) is 4.18. The number of hydrogen-bond donors (Lipinski definition) is 1. The van der Waals surface area contributed by atoms with Gasteiger partial charge in [0.2, 0.25) is 0 Å². The average Bonchev–Trinajstić information content (AvgIpc) is 2.68. The largest absolute Gasteiger partial charge is 0.497 e. The van der Waals surface area contributed by atoms with Crippen LogP contribution in [0.1, 0.15) is 46.7 Å². The van der Waals surface area contributed by atoms with Gasteiger partial charge < -0.3 is 10.5 Å². The molecule has 0 spiro atoms. The number of ether oxygens (including phenoxy) is 1. The van der Waals surface area contributed by atoms with E-state index < -0.39 is 6.04 Å². The number of ketones is 1. The van der Waals surface area contributed by atoms with Crippen molar-refractivity contribution in [1.29, 1.82) is 0 Å². The minimum Gasteiger partial charge on any atom is -0.497 e. The van der Waals surface area contributed by atoms with E-state index in [-0.39, 0.29) is 7.21 Å². The van der Waals surface area contributed by atoms with Gasteiger partial charge in [-0.2, -0.15) is 0 Å². The SMILES string of the molecule is CC.CCC(=O)C(N)Cc1ccc(-c2ccc(OC)cc2CC)cc1.[HH]. The summed E-state index contributed by atoms with van der Waals surface area (Å²) in [7, 11) is 1.68. The van der Waals surface area contributed by atoms with Crippen LogP contribution in [0.3, 0.4) is 0 Å². The lowest BCUT2D eigenvalue weighted by molar-refractivity contribution is -0.119. The van der Waals surface area contributed by atoms with Crippen LogP contribution in [0.25, 0.3) is 11.1 Å². The summed E-state index contributed by atoms with van der Waals surface area (Å²) in [4.78, 5) is 11.6. The highest BCUT2D eigenvalue weighted by atomic mass is 16.5. The monoisotopic (exact) mass is 343 g/mol. The highest BCUT2D eigenvalue weighted by molar-refractivity contribution is 5.83. The molecule has 2 aromatic carbocycles. The molecule has 25 heavy (non-hydrogen) atoms. The Labute approximate surface area is 153 Å². The summed E-state index contributed by atoms with van der Waals surface area (Å²) in [5, 5.41) is 0. The quantitative estimate of drug-likeness (QED) is 0.765. The van der Waals surface area contributed by atoms with E-state index in [1.807, 2.05) is 26.8 Å². The second-order valence-corrected chi connectivity index (χ2v) is 5.70. The summed E-state index contributed by atoms with van der Waals surface area (Å²) in [5.74, 6) is 0.990. The van der Waals surface area contributed by atoms with Gasteiger partial charge in [0.15, 0.2) is 0 Å². The Morgan fingerprint density at radius 1 is 1.12 bits per heavy atom. The zero-order valence-corrected chi connectivity index (χ0v) is 16.1. The zero-order chi connectivity index (χ0) is 18.8. The summed E-state index contributed by atoms with van der Waals surface area (Å²) in [5.41, 5.74) is 10.7. The summed E-state index contributed by atoms with van der Waals surface area (Å²) in [6.07, 6.45) is 2.03. The maximum absolute atomic E-state index is 11.6. The van der Waals surface area contributed by atoms with Crippen LogP contribution >= 0.6 is 0 Å². The van der Waals surface area contributed by atoms with Crippen LogP contribution in [-0.4, -0.2) is 18.9 Å². The molecule has 2 aromatic rings. The molecule has 2 N–H and O–H groups in total. The number of benzene rings is 2. The predicted molar refractivity (Wildman–Crippen MR) is 108 cm³/mol. The lowest BCUT2D eigenvalue weighted by Crippen LogP contribution is -2.32. The molecule has 0 saturated heterocycles. The van der Waals surface area contributed by atoms with E-state index >= 15 is 0 Å². The van der Waals surface area contributed by atoms with E-state index in [0.29, 0.717) is 12.8 Å². The van der Waals surface area contributed by atoms with Crippen LogP contribution in [0.5, 0.6) is 5.75 Å². The van der Waals surface area contributed by atoms with Gasteiger partial charge in [0.1, 0.15) is 11.5 Å². The average molecular weight is 344 g/mol. The first-order valence-electron chi connectivity index (χ1n) is 9.13. The first-order chi connectivity index (χ1) is 12.1. The van der Waals surface area contributed by atoms with Crippen molar-refractivity contribution in [2.75, 3.05) is 7.11 Å². The Kier molecular flexibility index (Phi) is 8.93. The van der Waals surface area contributed by atoms with Crippen molar-refractivity contribution < 1.29 is 11.0 Å². The van der Waals surface area contributed by atoms with Gasteiger partial charge in [-0.05, 0) is 47.2 Å². The van der Waals surface area contributed by atoms with Crippen molar-refractivity contribution in [3.05, 3.63) is 53.6 Å². The normalized spacial score (nSPS) is 11.3. The Bertz CT molecular complexity index is 668. The standard InChI is InChI=1S/C20H25NO2.C2H6.H2/c1-4-15-13-17(23-3)10-11-18(15)16-8-6-14(7-9-16)12-19(21)20(22)5-2;1-2;/h6-11,13,19H,4-5,12,21H2,1-3H3;1-2H3;1H. The summed E-state index contributed by atoms with van der Waals surface area (Å²) in [6, 6.07) is 14.1. The minimum absolute atomic E-state index is 0. The number of aryl methyl sites for hydroxylation is 1. The van der Waals surface area contributed by atoms with Crippen LogP contribution in [0.15, 0.2) is 42.5 Å². The van der Waals surface area contributed by atoms with Gasteiger partial charge in [0, 0.05) is 7.85 Å². The number of carbonyl (C=O) groups excluding carboxylic acids is 1. The molecule has 138 valence electrons. The van der Waals surface area contributed by atoms with Crippen molar-refractivity contribution >= 4 is 5.78 Å². The van der Waals surface area contributed by atoms with Crippen molar-refractivity contribution in [1.82, 2.24) is 0 Å². The van der Waals surface area contributed by atoms with E-state index in [1.165, 1.54) is 16.7 Å². The zero-order valence-electron chi connectivity index (χ0n) is 16.1. The molecule has 0 radical (unpaired) electrons. The van der Waals surface area contributed by atoms with Gasteiger partial charge >= 0.3 is 0 Å². The second kappa shape index (κ2) is 10.7. The maximum atomic E-state index is 11.6. The Morgan fingerprint density at radius 3 is 2.28 bits per heavy atom. The molecular formula is C22H33NO2. The number of rotatable bonds is 7. The molecule has 0 aliphatic heterocycles. The molecule has 3 nitrogen and oxygen atoms in total. The van der Waals surface area contributed by atoms with Crippen molar-refractivity contribution in [2.45, 2.75) is 53.0 Å². The van der Waals surface area contributed by atoms with E-state index in [4.69, 9.17) is 10.5 Å². The fourth-order valence-electron chi connectivity index (χ4n) is 2.72. The van der Waals surface area contributed by atoms with Gasteiger partial charge in [0.05, 0.1) is 13.2 Å². The van der Waals surface area contributed by atoms with Crippen molar-refractivity contribution in [3.8, 4) is 16.9 Å². The number of methoxy groups -OCH3 is 1. The molecule has 2 rings (SSSR count). The molecule has 0 aromatic heterocycles. The lowest BCUT2D eigenvalue weighted by Gasteiger charge is -2.12. The first-order valence-corrected chi connectivity index (χ1v) is 9.13. The predicted octanol–water partition coefficient (Wildman–Crippen LogP) is 5.05.